The van der Waals surface area contributed by atoms with Gasteiger partial charge in [-0.25, -0.2) is 4.39 Å². The van der Waals surface area contributed by atoms with E-state index in [-0.39, 0.29) is 28.8 Å². The zero-order chi connectivity index (χ0) is 20.8. The van der Waals surface area contributed by atoms with Crippen molar-refractivity contribution in [3.05, 3.63) is 99.5 Å². The smallest absolute Gasteiger partial charge is 0.291 e. The molecule has 1 atom stereocenters. The predicted molar refractivity (Wildman–Crippen MR) is 106 cm³/mol. The highest BCUT2D eigenvalue weighted by Crippen LogP contribution is 2.39. The number of ether oxygens (including phenoxy) is 1. The van der Waals surface area contributed by atoms with E-state index < -0.39 is 23.2 Å². The molecule has 0 fully saturated rings. The molecular formula is C23H16FNO5. The molecule has 5 rings (SSSR count). The highest BCUT2D eigenvalue weighted by molar-refractivity contribution is 5.99. The van der Waals surface area contributed by atoms with E-state index in [1.807, 2.05) is 0 Å². The van der Waals surface area contributed by atoms with Gasteiger partial charge in [-0.1, -0.05) is 12.1 Å². The van der Waals surface area contributed by atoms with E-state index >= 15 is 0 Å². The number of fused-ring (bicyclic) bond motifs is 2. The molecule has 0 aliphatic carbocycles. The fourth-order valence-electron chi connectivity index (χ4n) is 3.86. The van der Waals surface area contributed by atoms with Gasteiger partial charge in [0, 0.05) is 0 Å². The number of nitrogens with zero attached hydrogens (tertiary/aromatic N) is 1. The van der Waals surface area contributed by atoms with Gasteiger partial charge in [0.15, 0.2) is 5.43 Å². The maximum atomic E-state index is 13.8. The summed E-state index contributed by atoms with van der Waals surface area (Å²) >= 11 is 0. The lowest BCUT2D eigenvalue weighted by Crippen LogP contribution is -2.29. The lowest BCUT2D eigenvalue weighted by Gasteiger charge is -2.24. The second-order valence-corrected chi connectivity index (χ2v) is 7.00. The van der Waals surface area contributed by atoms with Crippen LogP contribution in [0.1, 0.15) is 33.5 Å². The largest absolute Gasteiger partial charge is 0.497 e. The minimum Gasteiger partial charge on any atom is -0.497 e. The van der Waals surface area contributed by atoms with Gasteiger partial charge in [-0.05, 0) is 48.0 Å². The molecule has 0 bridgehead atoms. The van der Waals surface area contributed by atoms with E-state index in [1.54, 1.807) is 43.5 Å². The molecule has 2 aromatic heterocycles. The third-order valence-corrected chi connectivity index (χ3v) is 5.27. The van der Waals surface area contributed by atoms with Crippen molar-refractivity contribution >= 4 is 16.9 Å². The minimum atomic E-state index is -0.701. The normalized spacial score (nSPS) is 15.6. The van der Waals surface area contributed by atoms with Crippen LogP contribution in [0.3, 0.4) is 0 Å². The van der Waals surface area contributed by atoms with Gasteiger partial charge in [0.1, 0.15) is 22.9 Å². The Morgan fingerprint density at radius 2 is 1.90 bits per heavy atom. The van der Waals surface area contributed by atoms with Gasteiger partial charge in [-0.3, -0.25) is 9.59 Å². The molecule has 0 N–H and O–H groups in total. The van der Waals surface area contributed by atoms with Crippen LogP contribution in [-0.4, -0.2) is 17.9 Å². The number of methoxy groups -OCH3 is 1. The van der Waals surface area contributed by atoms with Crippen molar-refractivity contribution in [2.45, 2.75) is 12.6 Å². The van der Waals surface area contributed by atoms with Crippen molar-refractivity contribution in [2.75, 3.05) is 7.11 Å². The maximum Gasteiger partial charge on any atom is 0.291 e. The number of rotatable bonds is 4. The first-order chi connectivity index (χ1) is 14.6. The summed E-state index contributed by atoms with van der Waals surface area (Å²) in [6.45, 7) is 0.150. The van der Waals surface area contributed by atoms with Gasteiger partial charge in [0.25, 0.3) is 5.91 Å². The van der Waals surface area contributed by atoms with Crippen LogP contribution in [0.15, 0.2) is 74.5 Å². The summed E-state index contributed by atoms with van der Waals surface area (Å²) in [5.41, 5.74) is 0.635. The third-order valence-electron chi connectivity index (χ3n) is 5.27. The summed E-state index contributed by atoms with van der Waals surface area (Å²) < 4.78 is 30.2. The molecular weight excluding hydrogens is 389 g/mol. The number of hydrogen-bond acceptors (Lipinski definition) is 5. The molecule has 150 valence electrons. The zero-order valence-electron chi connectivity index (χ0n) is 15.9. The highest BCUT2D eigenvalue weighted by atomic mass is 19.1. The molecule has 3 heterocycles. The number of carbonyl (C=O) groups excluding carboxylic acids is 1. The van der Waals surface area contributed by atoms with Crippen molar-refractivity contribution in [1.29, 1.82) is 0 Å². The number of benzene rings is 2. The Morgan fingerprint density at radius 1 is 1.10 bits per heavy atom. The Labute approximate surface area is 170 Å². The molecule has 30 heavy (non-hydrogen) atoms. The number of halogens is 1. The molecule has 1 amide bonds. The van der Waals surface area contributed by atoms with Crippen LogP contribution >= 0.6 is 0 Å². The Hall–Kier alpha value is -3.87. The zero-order valence-corrected chi connectivity index (χ0v) is 15.9. The predicted octanol–water partition coefficient (Wildman–Crippen LogP) is 4.28. The first kappa shape index (κ1) is 18.2. The van der Waals surface area contributed by atoms with Gasteiger partial charge in [0.05, 0.1) is 36.9 Å². The number of furan rings is 1. The second-order valence-electron chi connectivity index (χ2n) is 7.00. The van der Waals surface area contributed by atoms with Crippen LogP contribution < -0.4 is 10.2 Å². The molecule has 7 heteroatoms. The minimum absolute atomic E-state index is 0.0357. The molecule has 0 unspecified atom stereocenters. The molecule has 0 saturated carbocycles. The van der Waals surface area contributed by atoms with Crippen molar-refractivity contribution in [1.82, 2.24) is 4.90 Å². The fraction of sp³-hybridized carbons (Fsp3) is 0.130. The van der Waals surface area contributed by atoms with Crippen molar-refractivity contribution in [2.24, 2.45) is 0 Å². The monoisotopic (exact) mass is 405 g/mol. The Morgan fingerprint density at radius 3 is 2.60 bits per heavy atom. The lowest BCUT2D eigenvalue weighted by molar-refractivity contribution is 0.0701. The second kappa shape index (κ2) is 6.88. The molecule has 6 nitrogen and oxygen atoms in total. The molecule has 4 aromatic rings. The summed E-state index contributed by atoms with van der Waals surface area (Å²) in [5.74, 6) is 0.204. The van der Waals surface area contributed by atoms with E-state index in [2.05, 4.69) is 0 Å². The highest BCUT2D eigenvalue weighted by Gasteiger charge is 2.43. The van der Waals surface area contributed by atoms with Gasteiger partial charge < -0.3 is 18.5 Å². The quantitative estimate of drug-likeness (QED) is 0.507. The standard InChI is InChI=1S/C23H16FNO5/c1-28-15-7-4-13(5-8-15)20-19-21(26)17-11-14(24)6-9-18(17)30-22(19)23(27)25(20)12-16-3-2-10-29-16/h2-11,20H,12H2,1H3/t20-/m0/s1. The van der Waals surface area contributed by atoms with Gasteiger partial charge in [-0.15, -0.1) is 0 Å². The molecule has 0 spiro atoms. The van der Waals surface area contributed by atoms with Crippen molar-refractivity contribution in [3.63, 3.8) is 0 Å². The topological polar surface area (TPSA) is 72.9 Å². The van der Waals surface area contributed by atoms with Crippen LogP contribution in [0, 0.1) is 5.82 Å². The summed E-state index contributed by atoms with van der Waals surface area (Å²) in [7, 11) is 1.56. The van der Waals surface area contributed by atoms with Crippen LogP contribution in [0.2, 0.25) is 0 Å². The maximum absolute atomic E-state index is 13.8. The average molecular weight is 405 g/mol. The Balaban J connectivity index is 1.73. The summed E-state index contributed by atoms with van der Waals surface area (Å²) in [4.78, 5) is 28.1. The molecule has 0 saturated heterocycles. The molecule has 1 aliphatic rings. The summed E-state index contributed by atoms with van der Waals surface area (Å²) in [6, 6.07) is 13.5. The van der Waals surface area contributed by atoms with E-state index in [0.29, 0.717) is 17.1 Å². The lowest BCUT2D eigenvalue weighted by atomic mass is 9.98. The van der Waals surface area contributed by atoms with Crippen molar-refractivity contribution < 1.29 is 22.8 Å². The summed E-state index contributed by atoms with van der Waals surface area (Å²) in [5, 5.41) is 0.0971. The van der Waals surface area contributed by atoms with Crippen LogP contribution in [0.5, 0.6) is 5.75 Å². The van der Waals surface area contributed by atoms with E-state index in [0.717, 1.165) is 6.07 Å². The third kappa shape index (κ3) is 2.78. The molecule has 1 aliphatic heterocycles. The Kier molecular flexibility index (Phi) is 4.17. The first-order valence-electron chi connectivity index (χ1n) is 9.30. The Bertz CT molecular complexity index is 1310. The van der Waals surface area contributed by atoms with E-state index in [9.17, 15) is 14.0 Å². The van der Waals surface area contributed by atoms with E-state index in [1.165, 1.54) is 23.3 Å². The number of carbonyl (C=O) groups is 1. The molecule has 0 radical (unpaired) electrons. The van der Waals surface area contributed by atoms with Crippen LogP contribution in [0.4, 0.5) is 4.39 Å². The fourth-order valence-corrected chi connectivity index (χ4v) is 3.86. The number of hydrogen-bond donors (Lipinski definition) is 0. The van der Waals surface area contributed by atoms with Crippen molar-refractivity contribution in [3.8, 4) is 5.75 Å². The van der Waals surface area contributed by atoms with Crippen LogP contribution in [-0.2, 0) is 6.54 Å². The number of amides is 1. The molecule has 2 aromatic carbocycles. The van der Waals surface area contributed by atoms with Gasteiger partial charge in [0.2, 0.25) is 5.76 Å². The average Bonchev–Trinajstić information content (AvgIpc) is 3.37. The SMILES string of the molecule is COc1ccc([C@H]2c3c(oc4ccc(F)cc4c3=O)C(=O)N2Cc2ccco2)cc1. The van der Waals surface area contributed by atoms with Gasteiger partial charge in [-0.2, -0.15) is 0 Å². The van der Waals surface area contributed by atoms with Crippen LogP contribution in [0.25, 0.3) is 11.0 Å². The first-order valence-corrected chi connectivity index (χ1v) is 9.30. The van der Waals surface area contributed by atoms with Gasteiger partial charge >= 0.3 is 0 Å². The summed E-state index contributed by atoms with van der Waals surface area (Å²) in [6.07, 6.45) is 1.52. The van der Waals surface area contributed by atoms with E-state index in [4.69, 9.17) is 13.6 Å².